The third kappa shape index (κ3) is 4.86. The first-order valence-corrected chi connectivity index (χ1v) is 9.07. The summed E-state index contributed by atoms with van der Waals surface area (Å²) in [7, 11) is 3.63. The zero-order chi connectivity index (χ0) is 19.4. The highest BCUT2D eigenvalue weighted by Crippen LogP contribution is 2.22. The van der Waals surface area contributed by atoms with Gasteiger partial charge < -0.3 is 10.1 Å². The van der Waals surface area contributed by atoms with E-state index >= 15 is 0 Å². The molecule has 1 amide bonds. The van der Waals surface area contributed by atoms with Crippen molar-refractivity contribution < 1.29 is 9.53 Å². The summed E-state index contributed by atoms with van der Waals surface area (Å²) in [6.45, 7) is 5.08. The average molecular weight is 362 g/mol. The second-order valence-electron chi connectivity index (χ2n) is 7.09. The lowest BCUT2D eigenvalue weighted by Crippen LogP contribution is -2.30. The number of hydrogen-bond donors (Lipinski definition) is 1. The first-order valence-electron chi connectivity index (χ1n) is 9.07. The zero-order valence-corrected chi connectivity index (χ0v) is 16.4. The van der Waals surface area contributed by atoms with Crippen LogP contribution in [0.5, 0.6) is 5.75 Å². The molecular weight excluding hydrogens is 336 g/mol. The van der Waals surface area contributed by atoms with Crippen LogP contribution in [-0.4, -0.2) is 31.5 Å². The number of amides is 1. The van der Waals surface area contributed by atoms with E-state index in [1.54, 1.807) is 7.11 Å². The van der Waals surface area contributed by atoms with Crippen LogP contribution in [0.4, 0.5) is 5.69 Å². The van der Waals surface area contributed by atoms with Gasteiger partial charge in [0.1, 0.15) is 5.75 Å². The molecule has 0 saturated carbocycles. The smallest absolute Gasteiger partial charge is 0.238 e. The summed E-state index contributed by atoms with van der Waals surface area (Å²) in [4.78, 5) is 14.4. The van der Waals surface area contributed by atoms with Crippen LogP contribution in [0.3, 0.4) is 0 Å². The molecule has 0 aliphatic heterocycles. The van der Waals surface area contributed by atoms with Gasteiger partial charge in [-0.1, -0.05) is 30.3 Å². The van der Waals surface area contributed by atoms with Crippen molar-refractivity contribution in [2.45, 2.75) is 20.4 Å². The van der Waals surface area contributed by atoms with Gasteiger partial charge in [0.25, 0.3) is 0 Å². The van der Waals surface area contributed by atoms with Crippen LogP contribution >= 0.6 is 0 Å². The molecule has 140 valence electrons. The molecule has 0 heterocycles. The maximum Gasteiger partial charge on any atom is 0.238 e. The van der Waals surface area contributed by atoms with Crippen LogP contribution in [0.1, 0.15) is 16.7 Å². The van der Waals surface area contributed by atoms with Crippen molar-refractivity contribution in [2.24, 2.45) is 0 Å². The predicted octanol–water partition coefficient (Wildman–Crippen LogP) is 4.54. The standard InChI is InChI=1S/C23H26N2O2/c1-16-5-6-17(2)22(11-16)24-23(26)15-25(3)14-18-7-8-20-13-21(27-4)10-9-19(20)12-18/h5-13H,14-15H2,1-4H3,(H,24,26). The van der Waals surface area contributed by atoms with Crippen molar-refractivity contribution >= 4 is 22.4 Å². The fourth-order valence-corrected chi connectivity index (χ4v) is 3.17. The number of carbonyl (C=O) groups excluding carboxylic acids is 1. The van der Waals surface area contributed by atoms with E-state index in [0.717, 1.165) is 28.0 Å². The number of carbonyl (C=O) groups is 1. The van der Waals surface area contributed by atoms with Crippen LogP contribution in [0, 0.1) is 13.8 Å². The SMILES string of the molecule is COc1ccc2cc(CN(C)CC(=O)Nc3cc(C)ccc3C)ccc2c1. The summed E-state index contributed by atoms with van der Waals surface area (Å²) in [5, 5.41) is 5.33. The average Bonchev–Trinajstić information content (AvgIpc) is 2.64. The summed E-state index contributed by atoms with van der Waals surface area (Å²) in [5.74, 6) is 0.854. The quantitative estimate of drug-likeness (QED) is 0.700. The lowest BCUT2D eigenvalue weighted by atomic mass is 10.1. The second kappa shape index (κ2) is 8.23. The Bertz CT molecular complexity index is 966. The van der Waals surface area contributed by atoms with E-state index in [0.29, 0.717) is 13.1 Å². The van der Waals surface area contributed by atoms with E-state index in [1.165, 1.54) is 10.9 Å². The molecule has 0 aliphatic rings. The number of nitrogens with zero attached hydrogens (tertiary/aromatic N) is 1. The number of hydrogen-bond acceptors (Lipinski definition) is 3. The Hall–Kier alpha value is -2.85. The van der Waals surface area contributed by atoms with Crippen molar-refractivity contribution in [1.29, 1.82) is 0 Å². The second-order valence-corrected chi connectivity index (χ2v) is 7.09. The highest BCUT2D eigenvalue weighted by atomic mass is 16.5. The molecule has 0 spiro atoms. The molecule has 0 radical (unpaired) electrons. The Morgan fingerprint density at radius 1 is 1.00 bits per heavy atom. The molecule has 0 unspecified atom stereocenters. The number of benzene rings is 3. The number of fused-ring (bicyclic) bond motifs is 1. The first kappa shape index (κ1) is 18.9. The van der Waals surface area contributed by atoms with Gasteiger partial charge in [-0.25, -0.2) is 0 Å². The van der Waals surface area contributed by atoms with Gasteiger partial charge in [-0.05, 0) is 72.6 Å². The van der Waals surface area contributed by atoms with Crippen molar-refractivity contribution in [3.8, 4) is 5.75 Å². The number of aryl methyl sites for hydroxylation is 2. The molecule has 0 aromatic heterocycles. The molecule has 1 N–H and O–H groups in total. The number of likely N-dealkylation sites (N-methyl/N-ethyl adjacent to an activating group) is 1. The molecular formula is C23H26N2O2. The summed E-state index contributed by atoms with van der Waals surface area (Å²) >= 11 is 0. The first-order chi connectivity index (χ1) is 12.9. The maximum atomic E-state index is 12.4. The third-order valence-corrected chi connectivity index (χ3v) is 4.64. The van der Waals surface area contributed by atoms with Crippen molar-refractivity contribution in [3.63, 3.8) is 0 Å². The molecule has 3 rings (SSSR count). The topological polar surface area (TPSA) is 41.6 Å². The van der Waals surface area contributed by atoms with Gasteiger partial charge in [-0.2, -0.15) is 0 Å². The van der Waals surface area contributed by atoms with Crippen molar-refractivity contribution in [1.82, 2.24) is 4.90 Å². The normalized spacial score (nSPS) is 11.0. The van der Waals surface area contributed by atoms with Crippen LogP contribution in [0.25, 0.3) is 10.8 Å². The zero-order valence-electron chi connectivity index (χ0n) is 16.4. The summed E-state index contributed by atoms with van der Waals surface area (Å²) in [6, 6.07) is 18.5. The molecule has 4 heteroatoms. The van der Waals surface area contributed by atoms with Gasteiger partial charge in [0, 0.05) is 12.2 Å². The van der Waals surface area contributed by atoms with Gasteiger partial charge in [0.05, 0.1) is 13.7 Å². The van der Waals surface area contributed by atoms with Gasteiger partial charge >= 0.3 is 0 Å². The Labute approximate surface area is 160 Å². The summed E-state index contributed by atoms with van der Waals surface area (Å²) in [6.07, 6.45) is 0. The van der Waals surface area contributed by atoms with Gasteiger partial charge in [-0.15, -0.1) is 0 Å². The number of methoxy groups -OCH3 is 1. The Morgan fingerprint density at radius 2 is 1.74 bits per heavy atom. The van der Waals surface area contributed by atoms with E-state index in [9.17, 15) is 4.79 Å². The van der Waals surface area contributed by atoms with E-state index < -0.39 is 0 Å². The van der Waals surface area contributed by atoms with E-state index in [2.05, 4.69) is 29.6 Å². The fourth-order valence-electron chi connectivity index (χ4n) is 3.17. The number of nitrogens with one attached hydrogen (secondary N) is 1. The Kier molecular flexibility index (Phi) is 5.77. The van der Waals surface area contributed by atoms with Gasteiger partial charge in [0.2, 0.25) is 5.91 Å². The molecule has 3 aromatic carbocycles. The minimum atomic E-state index is -0.00303. The van der Waals surface area contributed by atoms with Crippen molar-refractivity contribution in [2.75, 3.05) is 26.0 Å². The number of ether oxygens (including phenoxy) is 1. The molecule has 0 atom stereocenters. The van der Waals surface area contributed by atoms with E-state index in [4.69, 9.17) is 4.74 Å². The summed E-state index contributed by atoms with van der Waals surface area (Å²) < 4.78 is 5.27. The lowest BCUT2D eigenvalue weighted by Gasteiger charge is -2.17. The predicted molar refractivity (Wildman–Crippen MR) is 111 cm³/mol. The van der Waals surface area contributed by atoms with Crippen LogP contribution < -0.4 is 10.1 Å². The number of rotatable bonds is 6. The molecule has 27 heavy (non-hydrogen) atoms. The van der Waals surface area contributed by atoms with Crippen LogP contribution in [0.2, 0.25) is 0 Å². The largest absolute Gasteiger partial charge is 0.497 e. The van der Waals surface area contributed by atoms with Crippen molar-refractivity contribution in [3.05, 3.63) is 71.3 Å². The van der Waals surface area contributed by atoms with E-state index in [1.807, 2.05) is 56.1 Å². The highest BCUT2D eigenvalue weighted by Gasteiger charge is 2.10. The van der Waals surface area contributed by atoms with E-state index in [-0.39, 0.29) is 5.91 Å². The minimum Gasteiger partial charge on any atom is -0.497 e. The van der Waals surface area contributed by atoms with Crippen LogP contribution in [0.15, 0.2) is 54.6 Å². The Balaban J connectivity index is 1.63. The van der Waals surface area contributed by atoms with Crippen LogP contribution in [-0.2, 0) is 11.3 Å². The monoisotopic (exact) mass is 362 g/mol. The highest BCUT2D eigenvalue weighted by molar-refractivity contribution is 5.93. The number of anilines is 1. The maximum absolute atomic E-state index is 12.4. The Morgan fingerprint density at radius 3 is 2.52 bits per heavy atom. The molecule has 0 bridgehead atoms. The summed E-state index contributed by atoms with van der Waals surface area (Å²) in [5.41, 5.74) is 4.27. The van der Waals surface area contributed by atoms with Gasteiger partial charge in [0.15, 0.2) is 0 Å². The fraction of sp³-hybridized carbons (Fsp3) is 0.261. The molecule has 3 aromatic rings. The van der Waals surface area contributed by atoms with Gasteiger partial charge in [-0.3, -0.25) is 9.69 Å². The lowest BCUT2D eigenvalue weighted by molar-refractivity contribution is -0.117. The molecule has 4 nitrogen and oxygen atoms in total. The molecule has 0 aliphatic carbocycles. The minimum absolute atomic E-state index is 0.00303. The molecule has 0 saturated heterocycles. The third-order valence-electron chi connectivity index (χ3n) is 4.64. The molecule has 0 fully saturated rings.